The second-order valence-corrected chi connectivity index (χ2v) is 9.31. The Bertz CT molecular complexity index is 956. The van der Waals surface area contributed by atoms with E-state index in [1.165, 1.54) is 0 Å². The first-order valence-electron chi connectivity index (χ1n) is 10.3. The molecule has 7 nitrogen and oxygen atoms in total. The molecule has 0 bridgehead atoms. The highest BCUT2D eigenvalue weighted by molar-refractivity contribution is 7.89. The minimum absolute atomic E-state index is 0.0337. The summed E-state index contributed by atoms with van der Waals surface area (Å²) in [6.07, 6.45) is 3.03. The van der Waals surface area contributed by atoms with Crippen LogP contribution in [0.1, 0.15) is 30.9 Å². The van der Waals surface area contributed by atoms with Crippen LogP contribution in [0.25, 0.3) is 0 Å². The van der Waals surface area contributed by atoms with E-state index in [0.717, 1.165) is 43.7 Å². The quantitative estimate of drug-likeness (QED) is 0.725. The Labute approximate surface area is 178 Å². The van der Waals surface area contributed by atoms with E-state index >= 15 is 0 Å². The van der Waals surface area contributed by atoms with Gasteiger partial charge in [0.05, 0.1) is 25.2 Å². The van der Waals surface area contributed by atoms with Crippen LogP contribution in [0.2, 0.25) is 0 Å². The lowest BCUT2D eigenvalue weighted by Gasteiger charge is -2.28. The smallest absolute Gasteiger partial charge is 0.240 e. The number of hydrogen-bond acceptors (Lipinski definition) is 6. The number of fused-ring (bicyclic) bond motifs is 1. The average Bonchev–Trinajstić information content (AvgIpc) is 3.18. The fourth-order valence-electron chi connectivity index (χ4n) is 3.92. The Morgan fingerprint density at radius 2 is 1.70 bits per heavy atom. The number of hydrogen-bond donors (Lipinski definition) is 1. The molecule has 0 saturated carbocycles. The van der Waals surface area contributed by atoms with Crippen molar-refractivity contribution in [1.29, 1.82) is 0 Å². The summed E-state index contributed by atoms with van der Waals surface area (Å²) in [5, 5.41) is 0. The van der Waals surface area contributed by atoms with Crippen LogP contribution >= 0.6 is 0 Å². The van der Waals surface area contributed by atoms with Crippen molar-refractivity contribution in [2.45, 2.75) is 30.2 Å². The molecule has 1 fully saturated rings. The van der Waals surface area contributed by atoms with Gasteiger partial charge < -0.3 is 14.2 Å². The first-order valence-corrected chi connectivity index (χ1v) is 11.8. The number of rotatable bonds is 7. The van der Waals surface area contributed by atoms with Gasteiger partial charge in [-0.25, -0.2) is 13.1 Å². The second kappa shape index (κ2) is 9.24. The van der Waals surface area contributed by atoms with Gasteiger partial charge in [-0.15, -0.1) is 0 Å². The lowest BCUT2D eigenvalue weighted by molar-refractivity contribution is 0.246. The fraction of sp³-hybridized carbons (Fsp3) is 0.455. The molecule has 0 aliphatic carbocycles. The van der Waals surface area contributed by atoms with Crippen LogP contribution in [-0.2, 0) is 10.0 Å². The molecule has 2 aromatic carbocycles. The third-order valence-corrected chi connectivity index (χ3v) is 7.00. The van der Waals surface area contributed by atoms with Gasteiger partial charge in [0.25, 0.3) is 0 Å². The molecule has 8 heteroatoms. The monoisotopic (exact) mass is 432 g/mol. The lowest BCUT2D eigenvalue weighted by Crippen LogP contribution is -2.36. The second-order valence-electron chi connectivity index (χ2n) is 7.54. The van der Waals surface area contributed by atoms with Gasteiger partial charge in [0, 0.05) is 25.1 Å². The molecule has 1 atom stereocenters. The Kier molecular flexibility index (Phi) is 6.46. The molecule has 0 amide bonds. The topological polar surface area (TPSA) is 77.1 Å². The van der Waals surface area contributed by atoms with E-state index in [2.05, 4.69) is 9.62 Å². The van der Waals surface area contributed by atoms with Crippen molar-refractivity contribution < 1.29 is 22.6 Å². The first kappa shape index (κ1) is 21.0. The van der Waals surface area contributed by atoms with Crippen LogP contribution in [-0.4, -0.2) is 53.3 Å². The Hall–Kier alpha value is -2.29. The van der Waals surface area contributed by atoms with Gasteiger partial charge in [-0.3, -0.25) is 4.90 Å². The summed E-state index contributed by atoms with van der Waals surface area (Å²) in [5.74, 6) is 1.84. The first-order chi connectivity index (χ1) is 14.6. The predicted octanol–water partition coefficient (Wildman–Crippen LogP) is 2.97. The van der Waals surface area contributed by atoms with Crippen molar-refractivity contribution in [2.75, 3.05) is 40.0 Å². The van der Waals surface area contributed by atoms with Gasteiger partial charge in [-0.05, 0) is 55.8 Å². The molecule has 4 rings (SSSR count). The van der Waals surface area contributed by atoms with Gasteiger partial charge in [0.2, 0.25) is 10.0 Å². The van der Waals surface area contributed by atoms with E-state index in [0.29, 0.717) is 31.3 Å². The summed E-state index contributed by atoms with van der Waals surface area (Å²) >= 11 is 0. The molecular formula is C22H28N2O5S. The largest absolute Gasteiger partial charge is 0.497 e. The van der Waals surface area contributed by atoms with Crippen LogP contribution in [0.5, 0.6) is 17.2 Å². The minimum atomic E-state index is -3.69. The van der Waals surface area contributed by atoms with Crippen LogP contribution in [0.15, 0.2) is 47.4 Å². The van der Waals surface area contributed by atoms with E-state index in [1.807, 2.05) is 24.3 Å². The summed E-state index contributed by atoms with van der Waals surface area (Å²) in [7, 11) is -2.05. The summed E-state index contributed by atoms with van der Waals surface area (Å²) < 4.78 is 45.3. The van der Waals surface area contributed by atoms with E-state index in [4.69, 9.17) is 14.2 Å². The predicted molar refractivity (Wildman–Crippen MR) is 114 cm³/mol. The van der Waals surface area contributed by atoms with Crippen LogP contribution < -0.4 is 18.9 Å². The average molecular weight is 433 g/mol. The Morgan fingerprint density at radius 3 is 2.40 bits per heavy atom. The molecule has 30 heavy (non-hydrogen) atoms. The SMILES string of the molecule is COc1ccc(C(CNS(=O)(=O)c2ccc3c(c2)OCCCO3)N2CCCC2)cc1. The molecule has 2 heterocycles. The maximum atomic E-state index is 13.0. The number of nitrogens with zero attached hydrogens (tertiary/aromatic N) is 1. The van der Waals surface area contributed by atoms with Crippen molar-refractivity contribution in [3.63, 3.8) is 0 Å². The number of likely N-dealkylation sites (tertiary alicyclic amines) is 1. The standard InChI is InChI=1S/C22H28N2O5S/c1-27-18-7-5-17(6-8-18)20(24-11-2-3-12-24)16-23-30(25,26)19-9-10-21-22(15-19)29-14-4-13-28-21/h5-10,15,20,23H,2-4,11-14,16H2,1H3. The molecule has 2 aliphatic rings. The van der Waals surface area contributed by atoms with Crippen molar-refractivity contribution in [3.05, 3.63) is 48.0 Å². The Balaban J connectivity index is 1.52. The molecule has 2 aliphatic heterocycles. The van der Waals surface area contributed by atoms with Crippen LogP contribution in [0.4, 0.5) is 0 Å². The maximum Gasteiger partial charge on any atom is 0.240 e. The fourth-order valence-corrected chi connectivity index (χ4v) is 4.97. The molecule has 1 saturated heterocycles. The van der Waals surface area contributed by atoms with E-state index in [1.54, 1.807) is 25.3 Å². The zero-order valence-electron chi connectivity index (χ0n) is 17.2. The zero-order chi connectivity index (χ0) is 21.0. The highest BCUT2D eigenvalue weighted by Crippen LogP contribution is 2.32. The molecule has 2 aromatic rings. The highest BCUT2D eigenvalue weighted by atomic mass is 32.2. The van der Waals surface area contributed by atoms with E-state index < -0.39 is 10.0 Å². The number of benzene rings is 2. The lowest BCUT2D eigenvalue weighted by atomic mass is 10.1. The molecule has 1 N–H and O–H groups in total. The Morgan fingerprint density at radius 1 is 1.00 bits per heavy atom. The van der Waals surface area contributed by atoms with Gasteiger partial charge in [-0.1, -0.05) is 12.1 Å². The zero-order valence-corrected chi connectivity index (χ0v) is 18.0. The van der Waals surface area contributed by atoms with Gasteiger partial charge in [-0.2, -0.15) is 0 Å². The van der Waals surface area contributed by atoms with Crippen molar-refractivity contribution in [3.8, 4) is 17.2 Å². The van der Waals surface area contributed by atoms with Crippen LogP contribution in [0, 0.1) is 0 Å². The van der Waals surface area contributed by atoms with Crippen molar-refractivity contribution >= 4 is 10.0 Å². The van der Waals surface area contributed by atoms with Crippen molar-refractivity contribution in [1.82, 2.24) is 9.62 Å². The molecule has 0 spiro atoms. The van der Waals surface area contributed by atoms with Gasteiger partial charge >= 0.3 is 0 Å². The summed E-state index contributed by atoms with van der Waals surface area (Å²) in [6.45, 7) is 3.29. The minimum Gasteiger partial charge on any atom is -0.497 e. The van der Waals surface area contributed by atoms with Gasteiger partial charge in [0.15, 0.2) is 11.5 Å². The number of ether oxygens (including phenoxy) is 3. The maximum absolute atomic E-state index is 13.0. The van der Waals surface area contributed by atoms with Crippen molar-refractivity contribution in [2.24, 2.45) is 0 Å². The molecule has 0 aromatic heterocycles. The van der Waals surface area contributed by atoms with Crippen LogP contribution in [0.3, 0.4) is 0 Å². The summed E-state index contributed by atoms with van der Waals surface area (Å²) in [5.41, 5.74) is 1.07. The van der Waals surface area contributed by atoms with E-state index in [-0.39, 0.29) is 10.9 Å². The third-order valence-electron chi connectivity index (χ3n) is 5.58. The molecule has 162 valence electrons. The molecular weight excluding hydrogens is 404 g/mol. The van der Waals surface area contributed by atoms with Gasteiger partial charge in [0.1, 0.15) is 5.75 Å². The van der Waals surface area contributed by atoms with E-state index in [9.17, 15) is 8.42 Å². The number of sulfonamides is 1. The highest BCUT2D eigenvalue weighted by Gasteiger charge is 2.26. The number of methoxy groups -OCH3 is 1. The summed E-state index contributed by atoms with van der Waals surface area (Å²) in [6, 6.07) is 12.6. The molecule has 1 unspecified atom stereocenters. The normalized spacial score (nSPS) is 18.0. The summed E-state index contributed by atoms with van der Waals surface area (Å²) in [4.78, 5) is 2.51. The third kappa shape index (κ3) is 4.71. The number of nitrogens with one attached hydrogen (secondary N) is 1. The molecule has 0 radical (unpaired) electrons.